The molecule has 0 aromatic carbocycles. The fourth-order valence-electron chi connectivity index (χ4n) is 1.78. The Hall–Kier alpha value is -0.380. The van der Waals surface area contributed by atoms with Gasteiger partial charge in [-0.15, -0.1) is 11.3 Å². The number of ether oxygens (including phenoxy) is 1. The fraction of sp³-hybridized carbons (Fsp3) is 0.636. The Morgan fingerprint density at radius 1 is 1.57 bits per heavy atom. The predicted molar refractivity (Wildman–Crippen MR) is 57.7 cm³/mol. The Labute approximate surface area is 88.5 Å². The molecular weight excluding hydrogens is 196 g/mol. The van der Waals surface area contributed by atoms with Crippen LogP contribution in [0.1, 0.15) is 27.8 Å². The van der Waals surface area contributed by atoms with Gasteiger partial charge in [0.15, 0.2) is 0 Å². The van der Waals surface area contributed by atoms with Crippen LogP contribution >= 0.6 is 11.3 Å². The van der Waals surface area contributed by atoms with Gasteiger partial charge in [0.05, 0.1) is 12.7 Å². The van der Waals surface area contributed by atoms with Crippen molar-refractivity contribution in [2.75, 3.05) is 13.2 Å². The highest BCUT2D eigenvalue weighted by molar-refractivity contribution is 7.12. The van der Waals surface area contributed by atoms with Crippen molar-refractivity contribution in [3.05, 3.63) is 21.4 Å². The van der Waals surface area contributed by atoms with Crippen LogP contribution in [-0.4, -0.2) is 18.3 Å². The molecule has 1 aliphatic heterocycles. The molecule has 1 N–H and O–H groups in total. The van der Waals surface area contributed by atoms with Gasteiger partial charge in [0.2, 0.25) is 0 Å². The molecule has 2 atom stereocenters. The van der Waals surface area contributed by atoms with Crippen LogP contribution < -0.4 is 0 Å². The van der Waals surface area contributed by atoms with E-state index in [1.807, 2.05) is 0 Å². The molecular formula is C11H16O2S. The van der Waals surface area contributed by atoms with Crippen LogP contribution in [0.4, 0.5) is 0 Å². The average molecular weight is 212 g/mol. The Morgan fingerprint density at radius 2 is 2.36 bits per heavy atom. The summed E-state index contributed by atoms with van der Waals surface area (Å²) in [4.78, 5) is 2.40. The molecule has 3 heteroatoms. The highest BCUT2D eigenvalue weighted by Gasteiger charge is 2.26. The van der Waals surface area contributed by atoms with Crippen molar-refractivity contribution in [1.29, 1.82) is 0 Å². The maximum Gasteiger partial charge on any atom is 0.0933 e. The summed E-state index contributed by atoms with van der Waals surface area (Å²) in [6, 6.07) is 2.10. The summed E-state index contributed by atoms with van der Waals surface area (Å²) in [7, 11) is 0. The molecule has 1 aromatic rings. The zero-order valence-corrected chi connectivity index (χ0v) is 9.43. The summed E-state index contributed by atoms with van der Waals surface area (Å²) in [6.07, 6.45) is 0.659. The minimum absolute atomic E-state index is 0.299. The van der Waals surface area contributed by atoms with E-state index in [-0.39, 0.29) is 6.10 Å². The first-order valence-electron chi connectivity index (χ1n) is 5.01. The lowest BCUT2D eigenvalue weighted by Crippen LogP contribution is -2.10. The third-order valence-corrected chi connectivity index (χ3v) is 4.11. The van der Waals surface area contributed by atoms with Gasteiger partial charge in [0.1, 0.15) is 0 Å². The second kappa shape index (κ2) is 4.01. The summed E-state index contributed by atoms with van der Waals surface area (Å²) in [5.74, 6) is 0.299. The van der Waals surface area contributed by atoms with E-state index in [9.17, 15) is 5.11 Å². The van der Waals surface area contributed by atoms with Crippen LogP contribution in [0.15, 0.2) is 6.07 Å². The Balaban J connectivity index is 2.13. The molecule has 0 aliphatic carbocycles. The molecule has 2 nitrogen and oxygen atoms in total. The van der Waals surface area contributed by atoms with Gasteiger partial charge in [-0.1, -0.05) is 0 Å². The van der Waals surface area contributed by atoms with E-state index in [1.54, 1.807) is 11.3 Å². The molecule has 1 aliphatic rings. The van der Waals surface area contributed by atoms with Crippen LogP contribution in [0.25, 0.3) is 0 Å². The van der Waals surface area contributed by atoms with Crippen molar-refractivity contribution in [2.24, 2.45) is 5.92 Å². The Kier molecular flexibility index (Phi) is 2.91. The number of thiophene rings is 1. The lowest BCUT2D eigenvalue weighted by atomic mass is 10.0. The Bertz CT molecular complexity index is 294. The molecule has 0 amide bonds. The summed E-state index contributed by atoms with van der Waals surface area (Å²) in [5, 5.41) is 10.1. The molecule has 2 heterocycles. The summed E-state index contributed by atoms with van der Waals surface area (Å²) >= 11 is 1.70. The van der Waals surface area contributed by atoms with Crippen LogP contribution in [0.5, 0.6) is 0 Å². The monoisotopic (exact) mass is 212 g/mol. The summed E-state index contributed by atoms with van der Waals surface area (Å²) in [5.41, 5.74) is 1.28. The van der Waals surface area contributed by atoms with Gasteiger partial charge in [0.25, 0.3) is 0 Å². The molecule has 2 unspecified atom stereocenters. The van der Waals surface area contributed by atoms with Crippen molar-refractivity contribution in [1.82, 2.24) is 0 Å². The number of aliphatic hydroxyl groups excluding tert-OH is 1. The molecule has 78 valence electrons. The number of rotatable bonds is 2. The highest BCUT2D eigenvalue weighted by atomic mass is 32.1. The molecule has 2 rings (SSSR count). The average Bonchev–Trinajstić information content (AvgIpc) is 2.76. The normalized spacial score (nSPS) is 24.1. The van der Waals surface area contributed by atoms with Crippen LogP contribution in [-0.2, 0) is 4.74 Å². The number of aliphatic hydroxyl groups is 1. The topological polar surface area (TPSA) is 29.5 Å². The van der Waals surface area contributed by atoms with E-state index >= 15 is 0 Å². The number of aryl methyl sites for hydroxylation is 2. The van der Waals surface area contributed by atoms with E-state index in [4.69, 9.17) is 4.74 Å². The lowest BCUT2D eigenvalue weighted by Gasteiger charge is -2.14. The SMILES string of the molecule is Cc1cc(C(O)C2CCOC2)sc1C. The quantitative estimate of drug-likeness (QED) is 0.816. The molecule has 0 saturated carbocycles. The minimum atomic E-state index is -0.324. The van der Waals surface area contributed by atoms with Gasteiger partial charge in [0, 0.05) is 22.3 Å². The number of hydrogen-bond acceptors (Lipinski definition) is 3. The van der Waals surface area contributed by atoms with E-state index in [0.29, 0.717) is 12.5 Å². The summed E-state index contributed by atoms with van der Waals surface area (Å²) in [6.45, 7) is 5.69. The lowest BCUT2D eigenvalue weighted by molar-refractivity contribution is 0.0944. The van der Waals surface area contributed by atoms with Crippen molar-refractivity contribution in [3.8, 4) is 0 Å². The van der Waals surface area contributed by atoms with Gasteiger partial charge >= 0.3 is 0 Å². The molecule has 14 heavy (non-hydrogen) atoms. The van der Waals surface area contributed by atoms with E-state index in [1.165, 1.54) is 10.4 Å². The van der Waals surface area contributed by atoms with Crippen molar-refractivity contribution in [3.63, 3.8) is 0 Å². The predicted octanol–water partition coefficient (Wildman–Crippen LogP) is 2.43. The molecule has 0 radical (unpaired) electrons. The summed E-state index contributed by atoms with van der Waals surface area (Å²) < 4.78 is 5.28. The molecule has 0 spiro atoms. The first-order valence-corrected chi connectivity index (χ1v) is 5.83. The van der Waals surface area contributed by atoms with Gasteiger partial charge in [-0.05, 0) is 31.9 Å². The zero-order valence-electron chi connectivity index (χ0n) is 8.62. The van der Waals surface area contributed by atoms with E-state index < -0.39 is 0 Å². The third kappa shape index (κ3) is 1.85. The second-order valence-electron chi connectivity index (χ2n) is 3.96. The third-order valence-electron chi connectivity index (χ3n) is 2.89. The molecule has 0 bridgehead atoms. The number of hydrogen-bond donors (Lipinski definition) is 1. The first kappa shape index (κ1) is 10.1. The van der Waals surface area contributed by atoms with Crippen molar-refractivity contribution in [2.45, 2.75) is 26.4 Å². The minimum Gasteiger partial charge on any atom is -0.387 e. The fourth-order valence-corrected chi connectivity index (χ4v) is 2.90. The van der Waals surface area contributed by atoms with Gasteiger partial charge in [-0.2, -0.15) is 0 Å². The van der Waals surface area contributed by atoms with Gasteiger partial charge < -0.3 is 9.84 Å². The smallest absolute Gasteiger partial charge is 0.0933 e. The van der Waals surface area contributed by atoms with Crippen molar-refractivity contribution < 1.29 is 9.84 Å². The second-order valence-corrected chi connectivity index (χ2v) is 5.24. The largest absolute Gasteiger partial charge is 0.387 e. The molecule has 1 fully saturated rings. The van der Waals surface area contributed by atoms with Gasteiger partial charge in [-0.3, -0.25) is 0 Å². The molecule has 1 saturated heterocycles. The van der Waals surface area contributed by atoms with Crippen LogP contribution in [0.3, 0.4) is 0 Å². The standard InChI is InChI=1S/C11H16O2S/c1-7-5-10(14-8(7)2)11(12)9-3-4-13-6-9/h5,9,11-12H,3-4,6H2,1-2H3. The van der Waals surface area contributed by atoms with E-state index in [2.05, 4.69) is 19.9 Å². The van der Waals surface area contributed by atoms with Crippen LogP contribution in [0, 0.1) is 19.8 Å². The van der Waals surface area contributed by atoms with Crippen molar-refractivity contribution >= 4 is 11.3 Å². The zero-order chi connectivity index (χ0) is 10.1. The van der Waals surface area contributed by atoms with Crippen LogP contribution in [0.2, 0.25) is 0 Å². The Morgan fingerprint density at radius 3 is 2.86 bits per heavy atom. The maximum absolute atomic E-state index is 10.1. The molecule has 1 aromatic heterocycles. The highest BCUT2D eigenvalue weighted by Crippen LogP contribution is 2.34. The maximum atomic E-state index is 10.1. The van der Waals surface area contributed by atoms with Gasteiger partial charge in [-0.25, -0.2) is 0 Å². The first-order chi connectivity index (χ1) is 6.68. The van der Waals surface area contributed by atoms with E-state index in [0.717, 1.165) is 17.9 Å².